The average molecular weight is 304 g/mol. The number of benzene rings is 1. The minimum absolute atomic E-state index is 0.250. The van der Waals surface area contributed by atoms with Crippen molar-refractivity contribution in [3.05, 3.63) is 34.3 Å². The predicted octanol–water partition coefficient (Wildman–Crippen LogP) is 1.51. The quantitative estimate of drug-likeness (QED) is 0.932. The number of hydrogen-bond acceptors (Lipinski definition) is 4. The number of para-hydroxylation sites is 1. The van der Waals surface area contributed by atoms with Gasteiger partial charge in [0.15, 0.2) is 5.58 Å². The van der Waals surface area contributed by atoms with E-state index in [9.17, 15) is 14.7 Å². The number of amides is 1. The molecule has 0 aliphatic heterocycles. The van der Waals surface area contributed by atoms with Crippen molar-refractivity contribution in [1.82, 2.24) is 9.47 Å². The third-order valence-corrected chi connectivity index (χ3v) is 4.46. The first kappa shape index (κ1) is 14.8. The molecule has 118 valence electrons. The molecule has 0 unspecified atom stereocenters. The summed E-state index contributed by atoms with van der Waals surface area (Å²) in [6.45, 7) is 0.291. The highest BCUT2D eigenvalue weighted by Gasteiger charge is 2.34. The number of oxazole rings is 1. The second kappa shape index (κ2) is 5.28. The molecule has 1 amide bonds. The number of aromatic nitrogens is 1. The van der Waals surface area contributed by atoms with E-state index in [1.165, 1.54) is 9.47 Å². The summed E-state index contributed by atoms with van der Waals surface area (Å²) in [7, 11) is 3.27. The van der Waals surface area contributed by atoms with Crippen molar-refractivity contribution in [2.45, 2.75) is 31.3 Å². The Balaban J connectivity index is 1.92. The number of aryl methyl sites for hydroxylation is 1. The van der Waals surface area contributed by atoms with Crippen LogP contribution in [0.3, 0.4) is 0 Å². The molecule has 1 aliphatic rings. The number of likely N-dealkylation sites (N-methyl/N-ethyl adjacent to an activating group) is 1. The van der Waals surface area contributed by atoms with Gasteiger partial charge < -0.3 is 14.4 Å². The van der Waals surface area contributed by atoms with Gasteiger partial charge in [0.25, 0.3) is 5.91 Å². The van der Waals surface area contributed by atoms with Crippen molar-refractivity contribution in [2.75, 3.05) is 13.6 Å². The molecular weight excluding hydrogens is 284 g/mol. The number of carbonyl (C=O) groups excluding carboxylic acids is 1. The zero-order valence-electron chi connectivity index (χ0n) is 12.8. The molecule has 0 spiro atoms. The van der Waals surface area contributed by atoms with Crippen LogP contribution in [0.25, 0.3) is 11.1 Å². The molecule has 1 N–H and O–H groups in total. The number of nitrogens with zero attached hydrogens (tertiary/aromatic N) is 2. The van der Waals surface area contributed by atoms with E-state index < -0.39 is 11.4 Å². The Morgan fingerprint density at radius 2 is 2.09 bits per heavy atom. The lowest BCUT2D eigenvalue weighted by molar-refractivity contribution is 0.0157. The number of rotatable bonds is 3. The largest absolute Gasteiger partial charge is 0.419 e. The fourth-order valence-electron chi connectivity index (χ4n) is 3.23. The van der Waals surface area contributed by atoms with Crippen molar-refractivity contribution < 1.29 is 14.3 Å². The van der Waals surface area contributed by atoms with E-state index in [2.05, 4.69) is 0 Å². The molecule has 1 aromatic heterocycles. The summed E-state index contributed by atoms with van der Waals surface area (Å²) in [5.74, 6) is -0.743. The molecule has 2 aromatic rings. The SMILES string of the molecule is CN(CC1(O)CCCC1)C(=O)c1cccc2c1oc(=O)n2C. The van der Waals surface area contributed by atoms with Gasteiger partial charge in [0, 0.05) is 20.6 Å². The lowest BCUT2D eigenvalue weighted by Gasteiger charge is -2.28. The summed E-state index contributed by atoms with van der Waals surface area (Å²) in [5, 5.41) is 10.4. The van der Waals surface area contributed by atoms with E-state index in [1.807, 2.05) is 0 Å². The molecule has 3 rings (SSSR count). The Labute approximate surface area is 127 Å². The van der Waals surface area contributed by atoms with Crippen molar-refractivity contribution in [3.63, 3.8) is 0 Å². The van der Waals surface area contributed by atoms with Gasteiger partial charge in [-0.05, 0) is 25.0 Å². The van der Waals surface area contributed by atoms with Gasteiger partial charge in [0.1, 0.15) is 0 Å². The lowest BCUT2D eigenvalue weighted by Crippen LogP contribution is -2.42. The molecule has 1 fully saturated rings. The molecule has 6 nitrogen and oxygen atoms in total. The summed E-state index contributed by atoms with van der Waals surface area (Å²) in [5.41, 5.74) is 0.434. The van der Waals surface area contributed by atoms with E-state index in [-0.39, 0.29) is 5.91 Å². The van der Waals surface area contributed by atoms with Crippen molar-refractivity contribution in [3.8, 4) is 0 Å². The molecule has 0 atom stereocenters. The fraction of sp³-hybridized carbons (Fsp3) is 0.500. The molecule has 1 saturated carbocycles. The molecule has 0 saturated heterocycles. The predicted molar refractivity (Wildman–Crippen MR) is 81.8 cm³/mol. The Hall–Kier alpha value is -2.08. The summed E-state index contributed by atoms with van der Waals surface area (Å²) < 4.78 is 6.57. The molecule has 6 heteroatoms. The Bertz CT molecular complexity index is 768. The van der Waals surface area contributed by atoms with E-state index in [0.717, 1.165) is 25.7 Å². The molecule has 1 heterocycles. The van der Waals surface area contributed by atoms with Gasteiger partial charge in [0.2, 0.25) is 0 Å². The fourth-order valence-corrected chi connectivity index (χ4v) is 3.23. The summed E-state index contributed by atoms with van der Waals surface area (Å²) in [6.07, 6.45) is 3.41. The van der Waals surface area contributed by atoms with Gasteiger partial charge >= 0.3 is 5.76 Å². The number of carbonyl (C=O) groups is 1. The van der Waals surface area contributed by atoms with Crippen molar-refractivity contribution in [2.24, 2.45) is 7.05 Å². The van der Waals surface area contributed by atoms with Crippen molar-refractivity contribution in [1.29, 1.82) is 0 Å². The van der Waals surface area contributed by atoms with Crippen LogP contribution in [-0.4, -0.2) is 39.7 Å². The summed E-state index contributed by atoms with van der Waals surface area (Å²) in [6, 6.07) is 5.10. The van der Waals surface area contributed by atoms with Crippen LogP contribution < -0.4 is 5.76 Å². The smallest absolute Gasteiger partial charge is 0.407 e. The lowest BCUT2D eigenvalue weighted by atomic mass is 10.0. The summed E-state index contributed by atoms with van der Waals surface area (Å²) in [4.78, 5) is 25.8. The standard InChI is InChI=1S/C16H20N2O4/c1-17(10-16(21)8-3-4-9-16)14(19)11-6-5-7-12-13(11)22-15(20)18(12)2/h5-7,21H,3-4,8-10H2,1-2H3. The van der Waals surface area contributed by atoms with Crippen LogP contribution in [0.4, 0.5) is 0 Å². The van der Waals surface area contributed by atoms with Crippen LogP contribution in [0, 0.1) is 0 Å². The van der Waals surface area contributed by atoms with Crippen LogP contribution in [0.5, 0.6) is 0 Å². The van der Waals surface area contributed by atoms with Gasteiger partial charge in [-0.1, -0.05) is 18.9 Å². The molecule has 1 aliphatic carbocycles. The molecule has 0 radical (unpaired) electrons. The zero-order chi connectivity index (χ0) is 15.9. The highest BCUT2D eigenvalue weighted by atomic mass is 16.4. The maximum atomic E-state index is 12.7. The first-order chi connectivity index (χ1) is 10.4. The number of fused-ring (bicyclic) bond motifs is 1. The number of aliphatic hydroxyl groups is 1. The highest BCUT2D eigenvalue weighted by Crippen LogP contribution is 2.30. The van der Waals surface area contributed by atoms with E-state index in [4.69, 9.17) is 4.42 Å². The van der Waals surface area contributed by atoms with Crippen molar-refractivity contribution >= 4 is 17.0 Å². The first-order valence-corrected chi connectivity index (χ1v) is 7.48. The Morgan fingerprint density at radius 3 is 2.77 bits per heavy atom. The third kappa shape index (κ3) is 2.43. The molecule has 1 aromatic carbocycles. The molecule has 0 bridgehead atoms. The zero-order valence-corrected chi connectivity index (χ0v) is 12.8. The second-order valence-corrected chi connectivity index (χ2v) is 6.17. The first-order valence-electron chi connectivity index (χ1n) is 7.48. The van der Waals surface area contributed by atoms with E-state index in [0.29, 0.717) is 23.2 Å². The maximum Gasteiger partial charge on any atom is 0.419 e. The van der Waals surface area contributed by atoms with Gasteiger partial charge in [-0.25, -0.2) is 4.79 Å². The average Bonchev–Trinajstić information content (AvgIpc) is 3.03. The van der Waals surface area contributed by atoms with Crippen LogP contribution in [0.1, 0.15) is 36.0 Å². The second-order valence-electron chi connectivity index (χ2n) is 6.17. The topological polar surface area (TPSA) is 75.7 Å². The van der Waals surface area contributed by atoms with Crippen LogP contribution >= 0.6 is 0 Å². The normalized spacial score (nSPS) is 17.0. The Kier molecular flexibility index (Phi) is 3.56. The summed E-state index contributed by atoms with van der Waals surface area (Å²) >= 11 is 0. The minimum atomic E-state index is -0.796. The molecular formula is C16H20N2O4. The number of hydrogen-bond donors (Lipinski definition) is 1. The van der Waals surface area contributed by atoms with Gasteiger partial charge in [0.05, 0.1) is 16.7 Å². The van der Waals surface area contributed by atoms with Crippen LogP contribution in [0.15, 0.2) is 27.4 Å². The third-order valence-electron chi connectivity index (χ3n) is 4.46. The Morgan fingerprint density at radius 1 is 1.41 bits per heavy atom. The van der Waals surface area contributed by atoms with Gasteiger partial charge in [-0.15, -0.1) is 0 Å². The monoisotopic (exact) mass is 304 g/mol. The molecule has 22 heavy (non-hydrogen) atoms. The highest BCUT2D eigenvalue weighted by molar-refractivity contribution is 6.04. The van der Waals surface area contributed by atoms with E-state index in [1.54, 1.807) is 32.3 Å². The van der Waals surface area contributed by atoms with Crippen LogP contribution in [-0.2, 0) is 7.05 Å². The van der Waals surface area contributed by atoms with E-state index >= 15 is 0 Å². The van der Waals surface area contributed by atoms with Crippen LogP contribution in [0.2, 0.25) is 0 Å². The minimum Gasteiger partial charge on any atom is -0.407 e. The maximum absolute atomic E-state index is 12.7. The van der Waals surface area contributed by atoms with Gasteiger partial charge in [-0.2, -0.15) is 0 Å². The van der Waals surface area contributed by atoms with Gasteiger partial charge in [-0.3, -0.25) is 9.36 Å².